The van der Waals surface area contributed by atoms with Gasteiger partial charge in [-0.2, -0.15) is 0 Å². The van der Waals surface area contributed by atoms with Gasteiger partial charge in [-0.1, -0.05) is 6.07 Å². The van der Waals surface area contributed by atoms with E-state index in [-0.39, 0.29) is 5.69 Å². The van der Waals surface area contributed by atoms with Crippen LogP contribution in [0.1, 0.15) is 24.3 Å². The van der Waals surface area contributed by atoms with Gasteiger partial charge in [0.15, 0.2) is 5.69 Å². The Morgan fingerprint density at radius 2 is 1.94 bits per heavy atom. The Labute approximate surface area is 107 Å². The molecule has 1 saturated heterocycles. The summed E-state index contributed by atoms with van der Waals surface area (Å²) in [6, 6.07) is 5.71. The van der Waals surface area contributed by atoms with Crippen LogP contribution in [-0.2, 0) is 0 Å². The molecule has 2 rings (SSSR count). The molecule has 5 heteroatoms. The molecular weight excluding hydrogens is 230 g/mol. The monoisotopic (exact) mass is 249 g/mol. The van der Waals surface area contributed by atoms with E-state index in [1.807, 2.05) is 6.07 Å². The van der Waals surface area contributed by atoms with Gasteiger partial charge in [-0.3, -0.25) is 4.90 Å². The van der Waals surface area contributed by atoms with Crippen LogP contribution in [0.25, 0.3) is 0 Å². The van der Waals surface area contributed by atoms with Gasteiger partial charge < -0.3 is 10.0 Å². The summed E-state index contributed by atoms with van der Waals surface area (Å²) >= 11 is 0. The molecule has 5 nitrogen and oxygen atoms in total. The van der Waals surface area contributed by atoms with Crippen LogP contribution < -0.4 is 4.90 Å². The maximum absolute atomic E-state index is 10.9. The lowest BCUT2D eigenvalue weighted by Gasteiger charge is -2.37. The van der Waals surface area contributed by atoms with Crippen molar-refractivity contribution in [2.24, 2.45) is 0 Å². The largest absolute Gasteiger partial charge is 0.477 e. The Hall–Kier alpha value is -1.62. The second kappa shape index (κ2) is 5.35. The highest BCUT2D eigenvalue weighted by molar-refractivity contribution is 5.85. The summed E-state index contributed by atoms with van der Waals surface area (Å²) in [5.74, 6) is -0.212. The molecule has 0 spiro atoms. The molecule has 1 aromatic rings. The number of hydrogen-bond donors (Lipinski definition) is 1. The third kappa shape index (κ3) is 2.79. The van der Waals surface area contributed by atoms with Crippen molar-refractivity contribution in [3.8, 4) is 0 Å². The minimum atomic E-state index is -0.974. The average molecular weight is 249 g/mol. The second-order valence-corrected chi connectivity index (χ2v) is 4.80. The Morgan fingerprint density at radius 3 is 2.50 bits per heavy atom. The highest BCUT2D eigenvalue weighted by atomic mass is 16.4. The number of hydrogen-bond acceptors (Lipinski definition) is 4. The van der Waals surface area contributed by atoms with E-state index in [0.717, 1.165) is 32.0 Å². The van der Waals surface area contributed by atoms with Crippen LogP contribution >= 0.6 is 0 Å². The lowest BCUT2D eigenvalue weighted by Crippen LogP contribution is -2.49. The van der Waals surface area contributed by atoms with Gasteiger partial charge in [0, 0.05) is 32.2 Å². The van der Waals surface area contributed by atoms with E-state index in [1.165, 1.54) is 6.07 Å². The van der Waals surface area contributed by atoms with Crippen LogP contribution in [0, 0.1) is 0 Å². The third-order valence-corrected chi connectivity index (χ3v) is 3.32. The summed E-state index contributed by atoms with van der Waals surface area (Å²) in [5, 5.41) is 8.93. The lowest BCUT2D eigenvalue weighted by atomic mass is 10.2. The van der Waals surface area contributed by atoms with E-state index in [0.29, 0.717) is 6.04 Å². The van der Waals surface area contributed by atoms with Crippen molar-refractivity contribution in [1.29, 1.82) is 0 Å². The van der Waals surface area contributed by atoms with Crippen LogP contribution in [-0.4, -0.2) is 53.2 Å². The van der Waals surface area contributed by atoms with Crippen molar-refractivity contribution in [2.75, 3.05) is 31.1 Å². The van der Waals surface area contributed by atoms with Gasteiger partial charge in [-0.25, -0.2) is 9.78 Å². The standard InChI is InChI=1S/C13H19N3O2/c1-10(2)15-6-8-16(9-7-15)12-5-3-4-11(14-12)13(17)18/h3-5,10H,6-9H2,1-2H3,(H,17,18). The van der Waals surface area contributed by atoms with Crippen molar-refractivity contribution in [3.05, 3.63) is 23.9 Å². The molecule has 98 valence electrons. The summed E-state index contributed by atoms with van der Waals surface area (Å²) in [4.78, 5) is 19.6. The van der Waals surface area contributed by atoms with Gasteiger partial charge in [0.2, 0.25) is 0 Å². The maximum Gasteiger partial charge on any atom is 0.354 e. The van der Waals surface area contributed by atoms with Gasteiger partial charge in [0.1, 0.15) is 5.82 Å². The van der Waals surface area contributed by atoms with Gasteiger partial charge in [0.05, 0.1) is 0 Å². The zero-order chi connectivity index (χ0) is 13.1. The van der Waals surface area contributed by atoms with E-state index < -0.39 is 5.97 Å². The van der Waals surface area contributed by atoms with Crippen molar-refractivity contribution in [2.45, 2.75) is 19.9 Å². The average Bonchev–Trinajstić information content (AvgIpc) is 2.39. The molecule has 0 radical (unpaired) electrons. The first-order valence-corrected chi connectivity index (χ1v) is 6.27. The van der Waals surface area contributed by atoms with Crippen LogP contribution in [0.5, 0.6) is 0 Å². The van der Waals surface area contributed by atoms with Gasteiger partial charge in [-0.15, -0.1) is 0 Å². The fourth-order valence-electron chi connectivity index (χ4n) is 2.19. The first kappa shape index (κ1) is 12.8. The van der Waals surface area contributed by atoms with E-state index in [9.17, 15) is 4.79 Å². The van der Waals surface area contributed by atoms with Crippen LogP contribution in [0.3, 0.4) is 0 Å². The molecule has 0 atom stereocenters. The Balaban J connectivity index is 2.05. The number of carbonyl (C=O) groups is 1. The fraction of sp³-hybridized carbons (Fsp3) is 0.538. The summed E-state index contributed by atoms with van der Waals surface area (Å²) in [7, 11) is 0. The first-order valence-electron chi connectivity index (χ1n) is 6.27. The Bertz CT molecular complexity index is 426. The SMILES string of the molecule is CC(C)N1CCN(c2cccc(C(=O)O)n2)CC1. The number of carboxylic acids is 1. The topological polar surface area (TPSA) is 56.7 Å². The summed E-state index contributed by atoms with van der Waals surface area (Å²) < 4.78 is 0. The molecule has 0 aromatic carbocycles. The minimum Gasteiger partial charge on any atom is -0.477 e. The fourth-order valence-corrected chi connectivity index (χ4v) is 2.19. The van der Waals surface area contributed by atoms with Crippen molar-refractivity contribution in [3.63, 3.8) is 0 Å². The zero-order valence-electron chi connectivity index (χ0n) is 10.8. The molecule has 1 aliphatic heterocycles. The number of pyridine rings is 1. The highest BCUT2D eigenvalue weighted by Gasteiger charge is 2.20. The number of nitrogens with zero attached hydrogens (tertiary/aromatic N) is 3. The Morgan fingerprint density at radius 1 is 1.28 bits per heavy atom. The number of rotatable bonds is 3. The number of piperazine rings is 1. The summed E-state index contributed by atoms with van der Waals surface area (Å²) in [5.41, 5.74) is 0.110. The van der Waals surface area contributed by atoms with Crippen molar-refractivity contribution >= 4 is 11.8 Å². The van der Waals surface area contributed by atoms with Gasteiger partial charge in [-0.05, 0) is 26.0 Å². The first-order chi connectivity index (χ1) is 8.58. The van der Waals surface area contributed by atoms with Crippen molar-refractivity contribution in [1.82, 2.24) is 9.88 Å². The number of aromatic carboxylic acids is 1. The van der Waals surface area contributed by atoms with E-state index in [1.54, 1.807) is 6.07 Å². The second-order valence-electron chi connectivity index (χ2n) is 4.80. The molecule has 0 saturated carbocycles. The van der Waals surface area contributed by atoms with Gasteiger partial charge in [0.25, 0.3) is 0 Å². The number of aromatic nitrogens is 1. The molecule has 1 N–H and O–H groups in total. The smallest absolute Gasteiger partial charge is 0.354 e. The Kier molecular flexibility index (Phi) is 3.81. The zero-order valence-corrected chi connectivity index (χ0v) is 10.8. The van der Waals surface area contributed by atoms with E-state index in [4.69, 9.17) is 5.11 Å². The normalized spacial score (nSPS) is 17.2. The molecule has 0 bridgehead atoms. The quantitative estimate of drug-likeness (QED) is 0.875. The third-order valence-electron chi connectivity index (χ3n) is 3.32. The number of carboxylic acid groups (broad SMARTS) is 1. The summed E-state index contributed by atoms with van der Waals surface area (Å²) in [6.07, 6.45) is 0. The highest BCUT2D eigenvalue weighted by Crippen LogP contribution is 2.15. The lowest BCUT2D eigenvalue weighted by molar-refractivity contribution is 0.0690. The molecule has 2 heterocycles. The maximum atomic E-state index is 10.9. The van der Waals surface area contributed by atoms with Crippen LogP contribution in [0.2, 0.25) is 0 Å². The van der Waals surface area contributed by atoms with E-state index in [2.05, 4.69) is 28.6 Å². The number of anilines is 1. The molecule has 18 heavy (non-hydrogen) atoms. The predicted octanol–water partition coefficient (Wildman–Crippen LogP) is 1.31. The molecule has 1 aromatic heterocycles. The molecule has 0 amide bonds. The van der Waals surface area contributed by atoms with Gasteiger partial charge >= 0.3 is 5.97 Å². The molecule has 0 aliphatic carbocycles. The summed E-state index contributed by atoms with van der Waals surface area (Å²) in [6.45, 7) is 8.17. The molecule has 1 aliphatic rings. The van der Waals surface area contributed by atoms with E-state index >= 15 is 0 Å². The van der Waals surface area contributed by atoms with Crippen LogP contribution in [0.15, 0.2) is 18.2 Å². The molecule has 1 fully saturated rings. The molecular formula is C13H19N3O2. The molecule has 0 unspecified atom stereocenters. The predicted molar refractivity (Wildman–Crippen MR) is 70.1 cm³/mol. The van der Waals surface area contributed by atoms with Crippen molar-refractivity contribution < 1.29 is 9.90 Å². The van der Waals surface area contributed by atoms with Crippen LogP contribution in [0.4, 0.5) is 5.82 Å². The minimum absolute atomic E-state index is 0.110.